The largest absolute Gasteiger partial charge is 0.344 e. The maximum Gasteiger partial charge on any atom is 0.240 e. The van der Waals surface area contributed by atoms with E-state index in [9.17, 15) is 13.2 Å². The topological polar surface area (TPSA) is 54.5 Å². The molecule has 1 aliphatic heterocycles. The van der Waals surface area contributed by atoms with Gasteiger partial charge in [0, 0.05) is 18.9 Å². The third-order valence-corrected chi connectivity index (χ3v) is 5.17. The standard InChI is InChI=1S/C9H16BrNO3S/c1-11(6-5-10)9(12)8-4-2-3-7-15(8,13)14/h8H,2-7H2,1H3. The van der Waals surface area contributed by atoms with Gasteiger partial charge in [-0.25, -0.2) is 8.42 Å². The maximum atomic E-state index is 11.8. The average molecular weight is 298 g/mol. The van der Waals surface area contributed by atoms with E-state index in [-0.39, 0.29) is 11.7 Å². The minimum Gasteiger partial charge on any atom is -0.344 e. The van der Waals surface area contributed by atoms with Crippen LogP contribution in [0.15, 0.2) is 0 Å². The van der Waals surface area contributed by atoms with Crippen molar-refractivity contribution in [3.05, 3.63) is 0 Å². The monoisotopic (exact) mass is 297 g/mol. The zero-order valence-electron chi connectivity index (χ0n) is 8.78. The van der Waals surface area contributed by atoms with Crippen molar-refractivity contribution in [1.29, 1.82) is 0 Å². The van der Waals surface area contributed by atoms with Gasteiger partial charge in [-0.05, 0) is 12.8 Å². The summed E-state index contributed by atoms with van der Waals surface area (Å²) in [5, 5.41) is -0.127. The lowest BCUT2D eigenvalue weighted by atomic mass is 10.2. The molecule has 0 aromatic heterocycles. The Bertz CT molecular complexity index is 328. The highest BCUT2D eigenvalue weighted by Crippen LogP contribution is 2.21. The molecule has 0 aromatic carbocycles. The molecule has 1 atom stereocenters. The van der Waals surface area contributed by atoms with Crippen molar-refractivity contribution in [3.63, 3.8) is 0 Å². The maximum absolute atomic E-state index is 11.8. The van der Waals surface area contributed by atoms with Crippen molar-refractivity contribution < 1.29 is 13.2 Å². The molecule has 1 rings (SSSR count). The fourth-order valence-corrected chi connectivity index (χ4v) is 4.15. The van der Waals surface area contributed by atoms with Crippen molar-refractivity contribution in [1.82, 2.24) is 4.90 Å². The molecule has 1 aliphatic rings. The first-order chi connectivity index (χ1) is 6.99. The van der Waals surface area contributed by atoms with E-state index in [1.54, 1.807) is 7.05 Å². The van der Waals surface area contributed by atoms with Gasteiger partial charge in [0.2, 0.25) is 5.91 Å². The van der Waals surface area contributed by atoms with E-state index in [0.717, 1.165) is 6.42 Å². The molecule has 0 aliphatic carbocycles. The van der Waals surface area contributed by atoms with Crippen LogP contribution in [0.25, 0.3) is 0 Å². The van der Waals surface area contributed by atoms with Crippen LogP contribution in [-0.2, 0) is 14.6 Å². The Morgan fingerprint density at radius 1 is 1.47 bits per heavy atom. The van der Waals surface area contributed by atoms with Crippen LogP contribution in [0.2, 0.25) is 0 Å². The number of carbonyl (C=O) groups is 1. The number of hydrogen-bond acceptors (Lipinski definition) is 3. The van der Waals surface area contributed by atoms with Gasteiger partial charge in [0.05, 0.1) is 5.75 Å². The molecule has 88 valence electrons. The number of nitrogens with zero attached hydrogens (tertiary/aromatic N) is 1. The van der Waals surface area contributed by atoms with Gasteiger partial charge in [0.25, 0.3) is 0 Å². The first-order valence-corrected chi connectivity index (χ1v) is 7.85. The Labute approximate surface area is 99.1 Å². The SMILES string of the molecule is CN(CCBr)C(=O)C1CCCCS1(=O)=O. The van der Waals surface area contributed by atoms with Gasteiger partial charge in [0.15, 0.2) is 9.84 Å². The number of rotatable bonds is 3. The van der Waals surface area contributed by atoms with Crippen molar-refractivity contribution in [2.45, 2.75) is 24.5 Å². The lowest BCUT2D eigenvalue weighted by Crippen LogP contribution is -2.44. The van der Waals surface area contributed by atoms with Crippen LogP contribution < -0.4 is 0 Å². The van der Waals surface area contributed by atoms with Gasteiger partial charge in [-0.3, -0.25) is 4.79 Å². The molecule has 1 heterocycles. The predicted molar refractivity (Wildman–Crippen MR) is 62.9 cm³/mol. The summed E-state index contributed by atoms with van der Waals surface area (Å²) in [6, 6.07) is 0. The van der Waals surface area contributed by atoms with Gasteiger partial charge in [-0.15, -0.1) is 0 Å². The van der Waals surface area contributed by atoms with E-state index < -0.39 is 15.1 Å². The minimum absolute atomic E-state index is 0.158. The second kappa shape index (κ2) is 5.30. The first-order valence-electron chi connectivity index (χ1n) is 5.01. The molecule has 1 saturated heterocycles. The summed E-state index contributed by atoms with van der Waals surface area (Å²) in [5.41, 5.74) is 0. The van der Waals surface area contributed by atoms with E-state index in [2.05, 4.69) is 15.9 Å². The van der Waals surface area contributed by atoms with E-state index in [1.807, 2.05) is 0 Å². The molecule has 0 aromatic rings. The van der Waals surface area contributed by atoms with Crippen molar-refractivity contribution >= 4 is 31.7 Å². The number of alkyl halides is 1. The molecule has 0 saturated carbocycles. The Hall–Kier alpha value is -0.100. The lowest BCUT2D eigenvalue weighted by Gasteiger charge is -2.25. The van der Waals surface area contributed by atoms with Crippen molar-refractivity contribution in [2.24, 2.45) is 0 Å². The number of sulfone groups is 1. The second-order valence-corrected chi connectivity index (χ2v) is 6.90. The molecule has 1 unspecified atom stereocenters. The molecular weight excluding hydrogens is 282 g/mol. The highest BCUT2D eigenvalue weighted by Gasteiger charge is 2.36. The Kier molecular flexibility index (Phi) is 4.58. The molecule has 1 amide bonds. The molecule has 6 heteroatoms. The molecular formula is C9H16BrNO3S. The summed E-state index contributed by atoms with van der Waals surface area (Å²) in [7, 11) is -1.55. The molecule has 0 N–H and O–H groups in total. The third kappa shape index (κ3) is 3.17. The molecule has 0 radical (unpaired) electrons. The van der Waals surface area contributed by atoms with Crippen LogP contribution in [0.4, 0.5) is 0 Å². The predicted octanol–water partition coefficient (Wildman–Crippen LogP) is 0.807. The Balaban J connectivity index is 2.73. The van der Waals surface area contributed by atoms with Gasteiger partial charge in [-0.1, -0.05) is 22.4 Å². The summed E-state index contributed by atoms with van der Waals surface area (Å²) < 4.78 is 23.3. The lowest BCUT2D eigenvalue weighted by molar-refractivity contribution is -0.129. The number of carbonyl (C=O) groups excluding carboxylic acids is 1. The molecule has 0 bridgehead atoms. The number of halogens is 1. The van der Waals surface area contributed by atoms with Gasteiger partial charge in [-0.2, -0.15) is 0 Å². The normalized spacial score (nSPS) is 24.8. The second-order valence-electron chi connectivity index (χ2n) is 3.80. The van der Waals surface area contributed by atoms with Gasteiger partial charge < -0.3 is 4.90 Å². The quantitative estimate of drug-likeness (QED) is 0.725. The summed E-state index contributed by atoms with van der Waals surface area (Å²) in [6.45, 7) is 0.546. The van der Waals surface area contributed by atoms with Crippen LogP contribution in [0.5, 0.6) is 0 Å². The molecule has 15 heavy (non-hydrogen) atoms. The first kappa shape index (κ1) is 13.0. The fraction of sp³-hybridized carbons (Fsp3) is 0.889. The Morgan fingerprint density at radius 3 is 2.67 bits per heavy atom. The smallest absolute Gasteiger partial charge is 0.240 e. The molecule has 4 nitrogen and oxygen atoms in total. The van der Waals surface area contributed by atoms with Crippen LogP contribution in [0.3, 0.4) is 0 Å². The summed E-state index contributed by atoms with van der Waals surface area (Å²) in [4.78, 5) is 13.3. The highest BCUT2D eigenvalue weighted by molar-refractivity contribution is 9.09. The average Bonchev–Trinajstić information content (AvgIpc) is 2.16. The third-order valence-electron chi connectivity index (χ3n) is 2.65. The van der Waals surface area contributed by atoms with Gasteiger partial charge >= 0.3 is 0 Å². The Morgan fingerprint density at radius 2 is 2.13 bits per heavy atom. The summed E-state index contributed by atoms with van der Waals surface area (Å²) in [6.07, 6.45) is 2.00. The molecule has 0 spiro atoms. The zero-order chi connectivity index (χ0) is 11.5. The highest BCUT2D eigenvalue weighted by atomic mass is 79.9. The number of amides is 1. The van der Waals surface area contributed by atoms with Crippen molar-refractivity contribution in [2.75, 3.05) is 24.7 Å². The van der Waals surface area contributed by atoms with E-state index >= 15 is 0 Å². The fourth-order valence-electron chi connectivity index (χ4n) is 1.71. The summed E-state index contributed by atoms with van der Waals surface area (Å²) >= 11 is 3.23. The van der Waals surface area contributed by atoms with Crippen LogP contribution in [0.1, 0.15) is 19.3 Å². The van der Waals surface area contributed by atoms with Crippen LogP contribution >= 0.6 is 15.9 Å². The van der Waals surface area contributed by atoms with E-state index in [1.165, 1.54) is 4.90 Å². The summed E-state index contributed by atoms with van der Waals surface area (Å²) in [5.74, 6) is -0.0971. The van der Waals surface area contributed by atoms with Crippen LogP contribution in [-0.4, -0.2) is 49.2 Å². The van der Waals surface area contributed by atoms with E-state index in [4.69, 9.17) is 0 Å². The van der Waals surface area contributed by atoms with Crippen LogP contribution in [0, 0.1) is 0 Å². The van der Waals surface area contributed by atoms with E-state index in [0.29, 0.717) is 24.7 Å². The number of hydrogen-bond donors (Lipinski definition) is 0. The zero-order valence-corrected chi connectivity index (χ0v) is 11.2. The minimum atomic E-state index is -3.19. The van der Waals surface area contributed by atoms with Gasteiger partial charge in [0.1, 0.15) is 5.25 Å². The molecule has 1 fully saturated rings. The van der Waals surface area contributed by atoms with Crippen molar-refractivity contribution in [3.8, 4) is 0 Å².